The summed E-state index contributed by atoms with van der Waals surface area (Å²) < 4.78 is 7.26. The molecule has 3 aromatic rings. The predicted molar refractivity (Wildman–Crippen MR) is 95.4 cm³/mol. The molecule has 0 spiro atoms. The van der Waals surface area contributed by atoms with Crippen LogP contribution in [-0.4, -0.2) is 22.1 Å². The largest absolute Gasteiger partial charge is 0.494 e. The smallest absolute Gasteiger partial charge is 0.244 e. The Balaban J connectivity index is 1.72. The van der Waals surface area contributed by atoms with Gasteiger partial charge in [-0.05, 0) is 68.3 Å². The van der Waals surface area contributed by atoms with Crippen LogP contribution in [0.5, 0.6) is 5.75 Å². The second-order valence-corrected chi connectivity index (χ2v) is 5.80. The molecule has 2 aromatic carbocycles. The van der Waals surface area contributed by atoms with Crippen LogP contribution in [0.4, 0.5) is 5.69 Å². The fraction of sp³-hybridized carbons (Fsp3) is 0.263. The molecular weight excluding hydrogens is 302 g/mol. The number of nitrogens with zero attached hydrogens (tertiary/aromatic N) is 2. The number of hydrogen-bond donors (Lipinski definition) is 1. The Hall–Kier alpha value is -2.82. The van der Waals surface area contributed by atoms with E-state index in [0.717, 1.165) is 22.5 Å². The van der Waals surface area contributed by atoms with Gasteiger partial charge in [0.1, 0.15) is 12.3 Å². The Labute approximate surface area is 141 Å². The van der Waals surface area contributed by atoms with Crippen molar-refractivity contribution in [2.24, 2.45) is 0 Å². The molecule has 0 aliphatic rings. The van der Waals surface area contributed by atoms with Crippen molar-refractivity contribution in [2.75, 3.05) is 11.9 Å². The number of nitrogens with one attached hydrogen (secondary N) is 1. The molecule has 0 saturated heterocycles. The molecule has 0 aliphatic carbocycles. The highest BCUT2D eigenvalue weighted by molar-refractivity contribution is 5.91. The van der Waals surface area contributed by atoms with Gasteiger partial charge in [0.25, 0.3) is 0 Å². The molecular formula is C19H21N3O2. The summed E-state index contributed by atoms with van der Waals surface area (Å²) in [6, 6.07) is 11.5. The van der Waals surface area contributed by atoms with E-state index in [1.807, 2.05) is 41.8 Å². The number of hydrogen-bond acceptors (Lipinski definition) is 3. The summed E-state index contributed by atoms with van der Waals surface area (Å²) in [4.78, 5) is 16.7. The molecule has 1 amide bonds. The normalized spacial score (nSPS) is 10.8. The number of aromatic nitrogens is 2. The van der Waals surface area contributed by atoms with Gasteiger partial charge in [-0.25, -0.2) is 4.98 Å². The van der Waals surface area contributed by atoms with E-state index in [-0.39, 0.29) is 12.5 Å². The average Bonchev–Trinajstić information content (AvgIpc) is 2.92. The number of aryl methyl sites for hydroxylation is 2. The van der Waals surface area contributed by atoms with Gasteiger partial charge in [0.2, 0.25) is 5.91 Å². The van der Waals surface area contributed by atoms with Crippen LogP contribution in [-0.2, 0) is 11.3 Å². The van der Waals surface area contributed by atoms with E-state index in [4.69, 9.17) is 4.74 Å². The second-order valence-electron chi connectivity index (χ2n) is 5.80. The standard InChI is InChI=1S/C19H21N3O2/c1-4-24-16-7-5-15(6-8-16)21-19(23)11-22-12-20-17-9-13(2)14(3)10-18(17)22/h5-10,12H,4,11H2,1-3H3,(H,21,23). The highest BCUT2D eigenvalue weighted by Gasteiger charge is 2.09. The quantitative estimate of drug-likeness (QED) is 0.779. The molecule has 1 heterocycles. The molecule has 0 aliphatic heterocycles. The molecule has 0 atom stereocenters. The molecule has 124 valence electrons. The van der Waals surface area contributed by atoms with Gasteiger partial charge < -0.3 is 14.6 Å². The minimum Gasteiger partial charge on any atom is -0.494 e. The molecule has 0 radical (unpaired) electrons. The van der Waals surface area contributed by atoms with Crippen molar-refractivity contribution in [1.29, 1.82) is 0 Å². The lowest BCUT2D eigenvalue weighted by Crippen LogP contribution is -2.18. The highest BCUT2D eigenvalue weighted by atomic mass is 16.5. The van der Waals surface area contributed by atoms with Gasteiger partial charge in [-0.15, -0.1) is 0 Å². The van der Waals surface area contributed by atoms with Gasteiger partial charge in [0.05, 0.1) is 24.0 Å². The molecule has 0 saturated carbocycles. The first-order valence-electron chi connectivity index (χ1n) is 8.01. The number of rotatable bonds is 5. The number of carbonyl (C=O) groups excluding carboxylic acids is 1. The fourth-order valence-electron chi connectivity index (χ4n) is 2.60. The highest BCUT2D eigenvalue weighted by Crippen LogP contribution is 2.19. The fourth-order valence-corrected chi connectivity index (χ4v) is 2.60. The van der Waals surface area contributed by atoms with Crippen molar-refractivity contribution in [3.63, 3.8) is 0 Å². The van der Waals surface area contributed by atoms with Crippen LogP contribution in [0.3, 0.4) is 0 Å². The number of fused-ring (bicyclic) bond motifs is 1. The predicted octanol–water partition coefficient (Wildman–Crippen LogP) is 3.69. The van der Waals surface area contributed by atoms with E-state index < -0.39 is 0 Å². The third-order valence-electron chi connectivity index (χ3n) is 4.00. The van der Waals surface area contributed by atoms with Crippen LogP contribution in [0.2, 0.25) is 0 Å². The lowest BCUT2D eigenvalue weighted by Gasteiger charge is -2.09. The molecule has 5 heteroatoms. The van der Waals surface area contributed by atoms with E-state index in [1.165, 1.54) is 11.1 Å². The van der Waals surface area contributed by atoms with Crippen LogP contribution in [0, 0.1) is 13.8 Å². The SMILES string of the molecule is CCOc1ccc(NC(=O)Cn2cnc3cc(C)c(C)cc32)cc1. The Morgan fingerprint density at radius 2 is 1.88 bits per heavy atom. The number of carbonyl (C=O) groups is 1. The molecule has 1 N–H and O–H groups in total. The maximum Gasteiger partial charge on any atom is 0.244 e. The van der Waals surface area contributed by atoms with Gasteiger partial charge >= 0.3 is 0 Å². The first-order valence-corrected chi connectivity index (χ1v) is 8.01. The minimum atomic E-state index is -0.0864. The molecule has 24 heavy (non-hydrogen) atoms. The zero-order valence-electron chi connectivity index (χ0n) is 14.2. The van der Waals surface area contributed by atoms with Gasteiger partial charge in [-0.1, -0.05) is 0 Å². The van der Waals surface area contributed by atoms with Crippen LogP contribution in [0.1, 0.15) is 18.1 Å². The van der Waals surface area contributed by atoms with Crippen molar-refractivity contribution < 1.29 is 9.53 Å². The zero-order chi connectivity index (χ0) is 17.1. The molecule has 0 fully saturated rings. The first-order chi connectivity index (χ1) is 11.6. The van der Waals surface area contributed by atoms with Gasteiger partial charge in [-0.2, -0.15) is 0 Å². The molecule has 0 bridgehead atoms. The summed E-state index contributed by atoms with van der Waals surface area (Å²) in [5, 5.41) is 2.90. The average molecular weight is 323 g/mol. The molecule has 3 rings (SSSR count). The Kier molecular flexibility index (Phi) is 4.51. The lowest BCUT2D eigenvalue weighted by atomic mass is 10.1. The minimum absolute atomic E-state index is 0.0864. The van der Waals surface area contributed by atoms with Gasteiger partial charge in [0.15, 0.2) is 0 Å². The summed E-state index contributed by atoms with van der Waals surface area (Å²) in [6.45, 7) is 6.91. The van der Waals surface area contributed by atoms with E-state index in [1.54, 1.807) is 6.33 Å². The van der Waals surface area contributed by atoms with Gasteiger partial charge in [-0.3, -0.25) is 4.79 Å². The van der Waals surface area contributed by atoms with E-state index in [9.17, 15) is 4.79 Å². The third-order valence-corrected chi connectivity index (χ3v) is 4.00. The summed E-state index contributed by atoms with van der Waals surface area (Å²) >= 11 is 0. The van der Waals surface area contributed by atoms with Crippen LogP contribution < -0.4 is 10.1 Å². The zero-order valence-corrected chi connectivity index (χ0v) is 14.2. The second kappa shape index (κ2) is 6.74. The monoisotopic (exact) mass is 323 g/mol. The number of anilines is 1. The summed E-state index contributed by atoms with van der Waals surface area (Å²) in [7, 11) is 0. The Morgan fingerprint density at radius 1 is 1.17 bits per heavy atom. The van der Waals surface area contributed by atoms with Crippen molar-refractivity contribution in [1.82, 2.24) is 9.55 Å². The molecule has 1 aromatic heterocycles. The first kappa shape index (κ1) is 16.1. The van der Waals surface area contributed by atoms with Crippen LogP contribution in [0.25, 0.3) is 11.0 Å². The Bertz CT molecular complexity index is 866. The van der Waals surface area contributed by atoms with E-state index in [0.29, 0.717) is 6.61 Å². The van der Waals surface area contributed by atoms with Crippen LogP contribution in [0.15, 0.2) is 42.7 Å². The van der Waals surface area contributed by atoms with E-state index in [2.05, 4.69) is 30.2 Å². The number of amides is 1. The lowest BCUT2D eigenvalue weighted by molar-refractivity contribution is -0.116. The number of ether oxygens (including phenoxy) is 1. The number of imidazole rings is 1. The number of benzene rings is 2. The summed E-state index contributed by atoms with van der Waals surface area (Å²) in [6.07, 6.45) is 1.71. The van der Waals surface area contributed by atoms with E-state index >= 15 is 0 Å². The van der Waals surface area contributed by atoms with Crippen molar-refractivity contribution in [2.45, 2.75) is 27.3 Å². The van der Waals surface area contributed by atoms with Crippen molar-refractivity contribution in [3.05, 3.63) is 53.9 Å². The van der Waals surface area contributed by atoms with Crippen LogP contribution >= 0.6 is 0 Å². The molecule has 5 nitrogen and oxygen atoms in total. The topological polar surface area (TPSA) is 56.1 Å². The summed E-state index contributed by atoms with van der Waals surface area (Å²) in [5.74, 6) is 0.707. The Morgan fingerprint density at radius 3 is 2.58 bits per heavy atom. The van der Waals surface area contributed by atoms with Crippen molar-refractivity contribution in [3.8, 4) is 5.75 Å². The third kappa shape index (κ3) is 3.40. The maximum absolute atomic E-state index is 12.3. The van der Waals surface area contributed by atoms with Gasteiger partial charge in [0, 0.05) is 5.69 Å². The summed E-state index contributed by atoms with van der Waals surface area (Å²) in [5.41, 5.74) is 5.02. The maximum atomic E-state index is 12.3. The molecule has 0 unspecified atom stereocenters. The van der Waals surface area contributed by atoms with Crippen molar-refractivity contribution >= 4 is 22.6 Å².